The Morgan fingerprint density at radius 3 is 2.34 bits per heavy atom. The van der Waals surface area contributed by atoms with Crippen molar-refractivity contribution in [3.63, 3.8) is 0 Å². The number of carboxylic acids is 2. The molecule has 0 bridgehead atoms. The van der Waals surface area contributed by atoms with Crippen LogP contribution in [-0.4, -0.2) is 82.2 Å². The molecule has 0 unspecified atom stereocenters. The summed E-state index contributed by atoms with van der Waals surface area (Å²) in [5.74, 6) is -4.98. The van der Waals surface area contributed by atoms with Gasteiger partial charge in [-0.2, -0.15) is 8.78 Å². The van der Waals surface area contributed by atoms with Gasteiger partial charge in [0.2, 0.25) is 0 Å². The van der Waals surface area contributed by atoms with Gasteiger partial charge < -0.3 is 25.2 Å². The number of hydrogen-bond acceptors (Lipinski definition) is 7. The number of nitrogens with one attached hydrogen (secondary N) is 1. The molecule has 2 aromatic carbocycles. The highest BCUT2D eigenvalue weighted by Crippen LogP contribution is 2.29. The number of alkyl halides is 2. The first kappa shape index (κ1) is 27.5. The number of ether oxygens (including phenoxy) is 1. The molecule has 3 aromatic rings. The summed E-state index contributed by atoms with van der Waals surface area (Å²) in [6, 6.07) is 6.11. The van der Waals surface area contributed by atoms with Crippen molar-refractivity contribution < 1.29 is 47.3 Å². The van der Waals surface area contributed by atoms with Gasteiger partial charge in [-0.3, -0.25) is 19.2 Å². The van der Waals surface area contributed by atoms with Crippen LogP contribution in [0.4, 0.5) is 29.3 Å². The van der Waals surface area contributed by atoms with Gasteiger partial charge in [0.15, 0.2) is 0 Å². The second kappa shape index (κ2) is 10.5. The number of aromatic nitrogens is 2. The van der Waals surface area contributed by atoms with Gasteiger partial charge in [0.25, 0.3) is 11.5 Å². The Balaban J connectivity index is 1.35. The van der Waals surface area contributed by atoms with Crippen molar-refractivity contribution in [2.45, 2.75) is 25.6 Å². The molecule has 5 rings (SSSR count). The SMILES string of the molecule is O=C(O)c1cc(C(=O)O)c2c(c1)c(=O)n1n2CCN(c2ccc(N3C[C@H](CNC(=O)C(F)F)OC3=O)cc2F)CC1. The van der Waals surface area contributed by atoms with Crippen molar-refractivity contribution >= 4 is 46.2 Å². The van der Waals surface area contributed by atoms with Gasteiger partial charge in [-0.1, -0.05) is 0 Å². The molecule has 0 saturated carbocycles. The topological polar surface area (TPSA) is 163 Å². The first-order valence-electron chi connectivity index (χ1n) is 12.3. The maximum Gasteiger partial charge on any atom is 0.414 e. The number of benzene rings is 2. The number of amides is 2. The lowest BCUT2D eigenvalue weighted by atomic mass is 10.1. The Bertz CT molecular complexity index is 1650. The molecule has 13 nitrogen and oxygen atoms in total. The number of halogens is 3. The minimum absolute atomic E-state index is 0.0423. The highest BCUT2D eigenvalue weighted by Gasteiger charge is 2.34. The second-order valence-electron chi connectivity index (χ2n) is 9.37. The molecule has 2 aliphatic rings. The Morgan fingerprint density at radius 2 is 1.71 bits per heavy atom. The molecule has 0 spiro atoms. The number of nitrogens with zero attached hydrogens (tertiary/aromatic N) is 4. The summed E-state index contributed by atoms with van der Waals surface area (Å²) in [7, 11) is 0. The van der Waals surface area contributed by atoms with Gasteiger partial charge in [-0.15, -0.1) is 0 Å². The van der Waals surface area contributed by atoms with E-state index in [1.807, 2.05) is 5.32 Å². The van der Waals surface area contributed by atoms with Crippen molar-refractivity contribution in [1.82, 2.24) is 14.7 Å². The number of hydrogen-bond donors (Lipinski definition) is 3. The number of rotatable bonds is 7. The Labute approximate surface area is 227 Å². The maximum absolute atomic E-state index is 15.3. The first-order chi connectivity index (χ1) is 19.5. The lowest BCUT2D eigenvalue weighted by Gasteiger charge is -2.24. The average molecular weight is 577 g/mol. The third-order valence-corrected chi connectivity index (χ3v) is 6.92. The van der Waals surface area contributed by atoms with E-state index in [1.54, 1.807) is 4.90 Å². The molecule has 41 heavy (non-hydrogen) atoms. The van der Waals surface area contributed by atoms with Crippen LogP contribution in [0.25, 0.3) is 10.9 Å². The van der Waals surface area contributed by atoms with Crippen LogP contribution < -0.4 is 20.7 Å². The van der Waals surface area contributed by atoms with E-state index >= 15 is 4.39 Å². The van der Waals surface area contributed by atoms with Gasteiger partial charge in [-0.05, 0) is 30.3 Å². The highest BCUT2D eigenvalue weighted by atomic mass is 19.3. The molecule has 3 N–H and O–H groups in total. The lowest BCUT2D eigenvalue weighted by Crippen LogP contribution is -2.37. The molecule has 1 atom stereocenters. The summed E-state index contributed by atoms with van der Waals surface area (Å²) in [4.78, 5) is 62.6. The molecule has 2 aliphatic heterocycles. The fraction of sp³-hybridized carbons (Fsp3) is 0.320. The molecule has 1 aromatic heterocycles. The maximum atomic E-state index is 15.3. The molecule has 2 amide bonds. The van der Waals surface area contributed by atoms with E-state index in [2.05, 4.69) is 0 Å². The summed E-state index contributed by atoms with van der Waals surface area (Å²) in [6.07, 6.45) is -4.97. The van der Waals surface area contributed by atoms with Crippen LogP contribution in [0.2, 0.25) is 0 Å². The number of carboxylic acid groups (broad SMARTS) is 2. The fourth-order valence-corrected chi connectivity index (χ4v) is 5.02. The molecule has 1 fully saturated rings. The van der Waals surface area contributed by atoms with Crippen molar-refractivity contribution in [2.24, 2.45) is 0 Å². The van der Waals surface area contributed by atoms with Gasteiger partial charge >= 0.3 is 24.5 Å². The number of cyclic esters (lactones) is 1. The quantitative estimate of drug-likeness (QED) is 0.378. The summed E-state index contributed by atoms with van der Waals surface area (Å²) in [6.45, 7) is -0.00536. The summed E-state index contributed by atoms with van der Waals surface area (Å²) >= 11 is 0. The Hall–Kier alpha value is -5.02. The third-order valence-electron chi connectivity index (χ3n) is 6.92. The van der Waals surface area contributed by atoms with Gasteiger partial charge in [-0.25, -0.2) is 23.5 Å². The smallest absolute Gasteiger partial charge is 0.414 e. The van der Waals surface area contributed by atoms with Gasteiger partial charge in [0, 0.05) is 13.1 Å². The molecule has 0 radical (unpaired) electrons. The van der Waals surface area contributed by atoms with E-state index in [-0.39, 0.29) is 72.7 Å². The van der Waals surface area contributed by atoms with Crippen LogP contribution in [0.15, 0.2) is 35.1 Å². The minimum Gasteiger partial charge on any atom is -0.478 e. The van der Waals surface area contributed by atoms with Crippen LogP contribution in [0.5, 0.6) is 0 Å². The van der Waals surface area contributed by atoms with Crippen molar-refractivity contribution in [3.05, 3.63) is 57.6 Å². The Kier molecular flexibility index (Phi) is 7.06. The predicted octanol–water partition coefficient (Wildman–Crippen LogP) is 1.57. The highest BCUT2D eigenvalue weighted by molar-refractivity contribution is 6.05. The minimum atomic E-state index is -3.21. The molecule has 0 aliphatic carbocycles. The number of aromatic carboxylic acids is 2. The van der Waals surface area contributed by atoms with Crippen LogP contribution in [0.1, 0.15) is 20.7 Å². The summed E-state index contributed by atoms with van der Waals surface area (Å²) in [5, 5.41) is 21.0. The monoisotopic (exact) mass is 577 g/mol. The molecule has 3 heterocycles. The Morgan fingerprint density at radius 1 is 1.00 bits per heavy atom. The number of carbonyl (C=O) groups excluding carboxylic acids is 2. The van der Waals surface area contributed by atoms with Crippen LogP contribution >= 0.6 is 0 Å². The van der Waals surface area contributed by atoms with E-state index in [0.29, 0.717) is 0 Å². The zero-order valence-corrected chi connectivity index (χ0v) is 21.1. The lowest BCUT2D eigenvalue weighted by molar-refractivity contribution is -0.132. The van der Waals surface area contributed by atoms with E-state index in [9.17, 15) is 43.0 Å². The van der Waals surface area contributed by atoms with Crippen LogP contribution in [0.3, 0.4) is 0 Å². The zero-order chi connectivity index (χ0) is 29.6. The molecular weight excluding hydrogens is 555 g/mol. The zero-order valence-electron chi connectivity index (χ0n) is 21.1. The largest absolute Gasteiger partial charge is 0.478 e. The summed E-state index contributed by atoms with van der Waals surface area (Å²) < 4.78 is 47.9. The normalized spacial score (nSPS) is 17.0. The predicted molar refractivity (Wildman–Crippen MR) is 135 cm³/mol. The molecular formula is C25H22F3N5O8. The second-order valence-corrected chi connectivity index (χ2v) is 9.37. The average Bonchev–Trinajstić information content (AvgIpc) is 3.33. The third kappa shape index (κ3) is 5.03. The fourth-order valence-electron chi connectivity index (χ4n) is 5.02. The van der Waals surface area contributed by atoms with Crippen molar-refractivity contribution in [1.29, 1.82) is 0 Å². The standard InChI is InChI=1S/C25H22F3N5O8/c26-17-9-13(31-11-14(41-25(31)40)10-29-21(34)20(27)28)1-2-18(17)30-3-5-32-19-15(22(35)33(32)6-4-30)7-12(23(36)37)8-16(19)24(38)39/h1-2,7-9,14,20H,3-6,10-11H2,(H,29,34)(H,36,37)(H,38,39)/t14-/m0/s1. The van der Waals surface area contributed by atoms with Crippen LogP contribution in [-0.2, 0) is 22.6 Å². The molecule has 216 valence electrons. The van der Waals surface area contributed by atoms with E-state index in [0.717, 1.165) is 23.1 Å². The van der Waals surface area contributed by atoms with Crippen molar-refractivity contribution in [2.75, 3.05) is 36.0 Å². The van der Waals surface area contributed by atoms with Gasteiger partial charge in [0.1, 0.15) is 11.9 Å². The number of carbonyl (C=O) groups is 4. The van der Waals surface area contributed by atoms with Crippen molar-refractivity contribution in [3.8, 4) is 0 Å². The number of anilines is 2. The van der Waals surface area contributed by atoms with E-state index in [1.165, 1.54) is 21.5 Å². The summed E-state index contributed by atoms with van der Waals surface area (Å²) in [5.41, 5.74) is -0.890. The van der Waals surface area contributed by atoms with E-state index < -0.39 is 47.8 Å². The van der Waals surface area contributed by atoms with Gasteiger partial charge in [0.05, 0.1) is 59.6 Å². The number of fused-ring (bicyclic) bond motifs is 3. The molecule has 1 saturated heterocycles. The van der Waals surface area contributed by atoms with Crippen LogP contribution in [0, 0.1) is 5.82 Å². The van der Waals surface area contributed by atoms with E-state index in [4.69, 9.17) is 4.74 Å². The first-order valence-corrected chi connectivity index (χ1v) is 12.3. The molecule has 16 heteroatoms.